The first-order valence-corrected chi connectivity index (χ1v) is 11.5. The van der Waals surface area contributed by atoms with Gasteiger partial charge in [-0.05, 0) is 54.5 Å². The summed E-state index contributed by atoms with van der Waals surface area (Å²) < 4.78 is 33.9. The van der Waals surface area contributed by atoms with E-state index in [1.807, 2.05) is 6.07 Å². The van der Waals surface area contributed by atoms with Crippen LogP contribution < -0.4 is 9.46 Å². The molecule has 26 heavy (non-hydrogen) atoms. The molecule has 6 heteroatoms. The van der Waals surface area contributed by atoms with Crippen molar-refractivity contribution in [3.63, 3.8) is 0 Å². The first-order chi connectivity index (χ1) is 12.4. The highest BCUT2D eigenvalue weighted by Gasteiger charge is 2.37. The Bertz CT molecular complexity index is 790. The van der Waals surface area contributed by atoms with E-state index in [4.69, 9.17) is 4.74 Å². The van der Waals surface area contributed by atoms with Gasteiger partial charge in [0.2, 0.25) is 10.0 Å². The highest BCUT2D eigenvalue weighted by atomic mass is 32.2. The number of nitrogens with one attached hydrogen (secondary N) is 1. The van der Waals surface area contributed by atoms with E-state index >= 15 is 0 Å². The third-order valence-electron chi connectivity index (χ3n) is 4.92. The molecule has 0 atom stereocenters. The molecule has 0 amide bonds. The number of hydrogen-bond donors (Lipinski definition) is 1. The first kappa shape index (κ1) is 19.4. The molecular formula is C20H27NO3S2. The zero-order valence-corrected chi connectivity index (χ0v) is 17.0. The van der Waals surface area contributed by atoms with Gasteiger partial charge in [-0.15, -0.1) is 11.3 Å². The Labute approximate surface area is 160 Å². The maximum absolute atomic E-state index is 12.7. The van der Waals surface area contributed by atoms with Crippen molar-refractivity contribution in [1.82, 2.24) is 4.72 Å². The van der Waals surface area contributed by atoms with Gasteiger partial charge in [0, 0.05) is 16.8 Å². The number of sulfonamides is 1. The van der Waals surface area contributed by atoms with Gasteiger partial charge in [0.15, 0.2) is 0 Å². The molecule has 4 nitrogen and oxygen atoms in total. The van der Waals surface area contributed by atoms with Crippen LogP contribution in [0.2, 0.25) is 0 Å². The Kier molecular flexibility index (Phi) is 6.05. The Morgan fingerprint density at radius 2 is 1.85 bits per heavy atom. The molecule has 1 aliphatic rings. The summed E-state index contributed by atoms with van der Waals surface area (Å²) in [5, 5.41) is 2.07. The number of rotatable bonds is 8. The van der Waals surface area contributed by atoms with Crippen molar-refractivity contribution in [3.8, 4) is 5.75 Å². The molecular weight excluding hydrogens is 366 g/mol. The van der Waals surface area contributed by atoms with Gasteiger partial charge in [0.1, 0.15) is 5.75 Å². The Balaban J connectivity index is 1.68. The summed E-state index contributed by atoms with van der Waals surface area (Å²) in [5.74, 6) is 1.13. The van der Waals surface area contributed by atoms with Gasteiger partial charge in [-0.1, -0.05) is 32.8 Å². The van der Waals surface area contributed by atoms with Crippen LogP contribution in [0.15, 0.2) is 46.7 Å². The van der Waals surface area contributed by atoms with Gasteiger partial charge in [0.25, 0.3) is 0 Å². The third kappa shape index (κ3) is 4.48. The lowest BCUT2D eigenvalue weighted by Crippen LogP contribution is -2.38. The fourth-order valence-corrected chi connectivity index (χ4v) is 5.55. The van der Waals surface area contributed by atoms with Crippen molar-refractivity contribution in [2.75, 3.05) is 13.2 Å². The minimum atomic E-state index is -3.53. The molecule has 1 saturated carbocycles. The lowest BCUT2D eigenvalue weighted by atomic mass is 9.85. The smallest absolute Gasteiger partial charge is 0.240 e. The quantitative estimate of drug-likeness (QED) is 0.714. The molecule has 0 unspecified atom stereocenters. The average molecular weight is 394 g/mol. The van der Waals surface area contributed by atoms with Gasteiger partial charge >= 0.3 is 0 Å². The second kappa shape index (κ2) is 8.11. The van der Waals surface area contributed by atoms with E-state index in [1.165, 1.54) is 4.88 Å². The van der Waals surface area contributed by atoms with Gasteiger partial charge in [0.05, 0.1) is 11.5 Å². The summed E-state index contributed by atoms with van der Waals surface area (Å²) >= 11 is 1.72. The van der Waals surface area contributed by atoms with Crippen molar-refractivity contribution in [2.45, 2.75) is 49.8 Å². The third-order valence-corrected chi connectivity index (χ3v) is 7.46. The normalized spacial score (nSPS) is 16.9. The predicted octanol–water partition coefficient (Wildman–Crippen LogP) is 4.57. The van der Waals surface area contributed by atoms with Crippen LogP contribution in [-0.2, 0) is 15.4 Å². The topological polar surface area (TPSA) is 55.4 Å². The second-order valence-electron chi connectivity index (χ2n) is 7.47. The average Bonchev–Trinajstić information content (AvgIpc) is 3.31. The zero-order chi connectivity index (χ0) is 18.6. The van der Waals surface area contributed by atoms with Crippen molar-refractivity contribution >= 4 is 21.4 Å². The van der Waals surface area contributed by atoms with Crippen LogP contribution in [0.1, 0.15) is 44.4 Å². The van der Waals surface area contributed by atoms with Gasteiger partial charge in [-0.3, -0.25) is 0 Å². The number of benzene rings is 1. The van der Waals surface area contributed by atoms with Crippen LogP contribution in [0.25, 0.3) is 0 Å². The Morgan fingerprint density at radius 1 is 1.15 bits per heavy atom. The highest BCUT2D eigenvalue weighted by Crippen LogP contribution is 2.42. The van der Waals surface area contributed by atoms with Crippen LogP contribution >= 0.6 is 11.3 Å². The minimum Gasteiger partial charge on any atom is -0.493 e. The molecule has 142 valence electrons. The zero-order valence-electron chi connectivity index (χ0n) is 15.4. The van der Waals surface area contributed by atoms with E-state index in [1.54, 1.807) is 35.6 Å². The predicted molar refractivity (Wildman–Crippen MR) is 106 cm³/mol. The van der Waals surface area contributed by atoms with Crippen LogP contribution in [0.3, 0.4) is 0 Å². The standard InChI is InChI=1S/C20H27NO3S2/c1-16(2)14-24-17-7-9-18(10-8-17)26(22,23)21-15-20(11-3-4-12-20)19-6-5-13-25-19/h5-10,13,16,21H,3-4,11-12,14-15H2,1-2H3. The van der Waals surface area contributed by atoms with Gasteiger partial charge in [-0.2, -0.15) is 0 Å². The molecule has 2 aromatic rings. The maximum atomic E-state index is 12.7. The van der Waals surface area contributed by atoms with E-state index in [2.05, 4.69) is 30.0 Å². The van der Waals surface area contributed by atoms with E-state index in [9.17, 15) is 8.42 Å². The molecule has 0 spiro atoms. The van der Waals surface area contributed by atoms with E-state index in [-0.39, 0.29) is 10.3 Å². The summed E-state index contributed by atoms with van der Waals surface area (Å²) in [6.07, 6.45) is 4.39. The number of ether oxygens (including phenoxy) is 1. The largest absolute Gasteiger partial charge is 0.493 e. The first-order valence-electron chi connectivity index (χ1n) is 9.18. The lowest BCUT2D eigenvalue weighted by Gasteiger charge is -2.28. The van der Waals surface area contributed by atoms with Crippen molar-refractivity contribution in [3.05, 3.63) is 46.7 Å². The Morgan fingerprint density at radius 3 is 2.42 bits per heavy atom. The minimum absolute atomic E-state index is 0.0540. The lowest BCUT2D eigenvalue weighted by molar-refractivity contribution is 0.271. The summed E-state index contributed by atoms with van der Waals surface area (Å²) in [5.41, 5.74) is -0.0540. The molecule has 1 aromatic carbocycles. The molecule has 1 aliphatic carbocycles. The molecule has 1 heterocycles. The summed E-state index contributed by atoms with van der Waals surface area (Å²) in [6, 6.07) is 10.9. The van der Waals surface area contributed by atoms with Crippen LogP contribution in [-0.4, -0.2) is 21.6 Å². The van der Waals surface area contributed by atoms with Gasteiger partial charge < -0.3 is 4.74 Å². The maximum Gasteiger partial charge on any atom is 0.240 e. The Hall–Kier alpha value is -1.37. The summed E-state index contributed by atoms with van der Waals surface area (Å²) in [7, 11) is -3.53. The molecule has 0 radical (unpaired) electrons. The second-order valence-corrected chi connectivity index (χ2v) is 10.2. The van der Waals surface area contributed by atoms with Crippen molar-refractivity contribution in [2.24, 2.45) is 5.92 Å². The molecule has 1 fully saturated rings. The monoisotopic (exact) mass is 393 g/mol. The van der Waals surface area contributed by atoms with Gasteiger partial charge in [-0.25, -0.2) is 13.1 Å². The fraction of sp³-hybridized carbons (Fsp3) is 0.500. The summed E-state index contributed by atoms with van der Waals surface area (Å²) in [6.45, 7) is 5.24. The van der Waals surface area contributed by atoms with E-state index in [0.29, 0.717) is 24.8 Å². The van der Waals surface area contributed by atoms with E-state index in [0.717, 1.165) is 25.7 Å². The van der Waals surface area contributed by atoms with E-state index < -0.39 is 10.0 Å². The summed E-state index contributed by atoms with van der Waals surface area (Å²) in [4.78, 5) is 1.57. The molecule has 0 bridgehead atoms. The number of hydrogen-bond acceptors (Lipinski definition) is 4. The molecule has 1 aromatic heterocycles. The molecule has 0 saturated heterocycles. The van der Waals surface area contributed by atoms with Crippen molar-refractivity contribution in [1.29, 1.82) is 0 Å². The highest BCUT2D eigenvalue weighted by molar-refractivity contribution is 7.89. The van der Waals surface area contributed by atoms with Crippen LogP contribution in [0.5, 0.6) is 5.75 Å². The molecule has 3 rings (SSSR count). The van der Waals surface area contributed by atoms with Crippen LogP contribution in [0.4, 0.5) is 0 Å². The SMILES string of the molecule is CC(C)COc1ccc(S(=O)(=O)NCC2(c3cccs3)CCCC2)cc1. The fourth-order valence-electron chi connectivity index (χ4n) is 3.44. The molecule has 1 N–H and O–H groups in total. The molecule has 0 aliphatic heterocycles. The van der Waals surface area contributed by atoms with Crippen molar-refractivity contribution < 1.29 is 13.2 Å². The van der Waals surface area contributed by atoms with Crippen LogP contribution in [0, 0.1) is 5.92 Å². The number of thiophene rings is 1.